The molecule has 2 rings (SSSR count). The van der Waals surface area contributed by atoms with Crippen LogP contribution >= 0.6 is 11.6 Å². The van der Waals surface area contributed by atoms with E-state index in [0.29, 0.717) is 16.3 Å². The van der Waals surface area contributed by atoms with E-state index in [2.05, 4.69) is 10.6 Å². The van der Waals surface area contributed by atoms with Crippen LogP contribution in [-0.4, -0.2) is 30.9 Å². The van der Waals surface area contributed by atoms with Crippen LogP contribution in [-0.2, 0) is 14.3 Å². The third-order valence-electron chi connectivity index (χ3n) is 3.20. The van der Waals surface area contributed by atoms with Crippen LogP contribution in [0, 0.1) is 6.92 Å². The van der Waals surface area contributed by atoms with Crippen LogP contribution in [0.5, 0.6) is 0 Å². The molecule has 0 aliphatic carbocycles. The number of hydrogen-bond donors (Lipinski definition) is 2. The number of carbonyl (C=O) groups excluding carboxylic acids is 3. The Morgan fingerprint density at radius 3 is 2.28 bits per heavy atom. The van der Waals surface area contributed by atoms with E-state index in [-0.39, 0.29) is 12.5 Å². The number of nitrogens with one attached hydrogen (secondary N) is 2. The van der Waals surface area contributed by atoms with E-state index >= 15 is 0 Å². The summed E-state index contributed by atoms with van der Waals surface area (Å²) in [5, 5.41) is 5.55. The largest absolute Gasteiger partial charge is 0.454 e. The smallest absolute Gasteiger partial charge is 0.325 e. The van der Waals surface area contributed by atoms with Crippen molar-refractivity contribution in [3.63, 3.8) is 0 Å². The molecule has 7 heteroatoms. The molecule has 2 amide bonds. The molecule has 0 atom stereocenters. The van der Waals surface area contributed by atoms with Crippen molar-refractivity contribution in [2.45, 2.75) is 6.92 Å². The summed E-state index contributed by atoms with van der Waals surface area (Å²) in [6.45, 7) is 1.15. The second kappa shape index (κ2) is 8.84. The van der Waals surface area contributed by atoms with Crippen LogP contribution in [0.4, 0.5) is 5.69 Å². The lowest BCUT2D eigenvalue weighted by atomic mass is 10.1. The summed E-state index contributed by atoms with van der Waals surface area (Å²) in [5.41, 5.74) is 2.01. The van der Waals surface area contributed by atoms with E-state index in [1.807, 2.05) is 6.92 Å². The average molecular weight is 361 g/mol. The maximum Gasteiger partial charge on any atom is 0.325 e. The van der Waals surface area contributed by atoms with Gasteiger partial charge in [-0.25, -0.2) is 0 Å². The number of aryl methyl sites for hydroxylation is 1. The number of anilines is 1. The molecule has 6 nitrogen and oxygen atoms in total. The van der Waals surface area contributed by atoms with Crippen LogP contribution in [0.3, 0.4) is 0 Å². The van der Waals surface area contributed by atoms with Gasteiger partial charge in [0.1, 0.15) is 6.54 Å². The van der Waals surface area contributed by atoms with Crippen molar-refractivity contribution in [3.8, 4) is 0 Å². The fraction of sp³-hybridized carbons (Fsp3) is 0.167. The van der Waals surface area contributed by atoms with E-state index in [9.17, 15) is 14.4 Å². The average Bonchev–Trinajstić information content (AvgIpc) is 2.60. The van der Waals surface area contributed by atoms with Crippen LogP contribution in [0.2, 0.25) is 5.02 Å². The normalized spacial score (nSPS) is 10.0. The molecule has 2 aromatic rings. The number of halogens is 1. The van der Waals surface area contributed by atoms with Gasteiger partial charge in [-0.3, -0.25) is 14.4 Å². The number of ether oxygens (including phenoxy) is 1. The molecule has 2 aromatic carbocycles. The first-order valence-electron chi connectivity index (χ1n) is 7.50. The first-order chi connectivity index (χ1) is 11.9. The Balaban J connectivity index is 1.71. The Kier molecular flexibility index (Phi) is 6.54. The Hall–Kier alpha value is -2.86. The van der Waals surface area contributed by atoms with Gasteiger partial charge < -0.3 is 15.4 Å². The zero-order chi connectivity index (χ0) is 18.2. The molecule has 0 aliphatic heterocycles. The number of benzene rings is 2. The van der Waals surface area contributed by atoms with Gasteiger partial charge in [-0.1, -0.05) is 29.3 Å². The second-order valence-electron chi connectivity index (χ2n) is 5.26. The predicted molar refractivity (Wildman–Crippen MR) is 94.6 cm³/mol. The van der Waals surface area contributed by atoms with Crippen molar-refractivity contribution in [2.24, 2.45) is 0 Å². The molecule has 0 bridgehead atoms. The highest BCUT2D eigenvalue weighted by Gasteiger charge is 2.11. The van der Waals surface area contributed by atoms with Crippen molar-refractivity contribution in [1.29, 1.82) is 0 Å². The van der Waals surface area contributed by atoms with Gasteiger partial charge in [-0.05, 0) is 43.3 Å². The first-order valence-corrected chi connectivity index (χ1v) is 7.88. The van der Waals surface area contributed by atoms with Gasteiger partial charge in [0.15, 0.2) is 6.61 Å². The van der Waals surface area contributed by atoms with Crippen LogP contribution in [0.25, 0.3) is 0 Å². The Morgan fingerprint density at radius 1 is 1.00 bits per heavy atom. The topological polar surface area (TPSA) is 84.5 Å². The van der Waals surface area contributed by atoms with Crippen molar-refractivity contribution < 1.29 is 19.1 Å². The summed E-state index contributed by atoms with van der Waals surface area (Å²) >= 11 is 5.75. The molecule has 0 saturated heterocycles. The number of carbonyl (C=O) groups is 3. The minimum Gasteiger partial charge on any atom is -0.454 e. The van der Waals surface area contributed by atoms with Gasteiger partial charge in [0, 0.05) is 16.3 Å². The molecule has 0 aromatic heterocycles. The molecule has 0 heterocycles. The molecule has 130 valence electrons. The summed E-state index contributed by atoms with van der Waals surface area (Å²) in [4.78, 5) is 35.1. The SMILES string of the molecule is Cc1ccc(C(=O)NCC(=O)OCC(=O)Nc2ccc(Cl)cc2)cc1. The lowest BCUT2D eigenvalue weighted by molar-refractivity contribution is -0.146. The van der Waals surface area contributed by atoms with Crippen LogP contribution < -0.4 is 10.6 Å². The van der Waals surface area contributed by atoms with E-state index in [1.54, 1.807) is 48.5 Å². The van der Waals surface area contributed by atoms with Crippen molar-refractivity contribution >= 4 is 35.1 Å². The third-order valence-corrected chi connectivity index (χ3v) is 3.45. The summed E-state index contributed by atoms with van der Waals surface area (Å²) in [7, 11) is 0. The zero-order valence-corrected chi connectivity index (χ0v) is 14.3. The van der Waals surface area contributed by atoms with Gasteiger partial charge in [0.05, 0.1) is 0 Å². The predicted octanol–water partition coefficient (Wildman–Crippen LogP) is 2.56. The maximum atomic E-state index is 11.9. The third kappa shape index (κ3) is 6.27. The zero-order valence-electron chi connectivity index (χ0n) is 13.5. The standard InChI is InChI=1S/C18H17ClN2O4/c1-12-2-4-13(5-3-12)18(24)20-10-17(23)25-11-16(22)21-15-8-6-14(19)7-9-15/h2-9H,10-11H2,1H3,(H,20,24)(H,21,22). The number of rotatable bonds is 6. The monoisotopic (exact) mass is 360 g/mol. The first kappa shape index (κ1) is 18.5. The quantitative estimate of drug-likeness (QED) is 0.775. The van der Waals surface area contributed by atoms with E-state index in [1.165, 1.54) is 0 Å². The number of esters is 1. The number of hydrogen-bond acceptors (Lipinski definition) is 4. The minimum atomic E-state index is -0.702. The molecular weight excluding hydrogens is 344 g/mol. The molecule has 25 heavy (non-hydrogen) atoms. The molecular formula is C18H17ClN2O4. The summed E-state index contributed by atoms with van der Waals surface area (Å²) < 4.78 is 4.81. The van der Waals surface area contributed by atoms with Gasteiger partial charge in [0.2, 0.25) is 0 Å². The summed E-state index contributed by atoms with van der Waals surface area (Å²) in [6, 6.07) is 13.4. The molecule has 0 fully saturated rings. The van der Waals surface area contributed by atoms with E-state index in [0.717, 1.165) is 5.56 Å². The highest BCUT2D eigenvalue weighted by molar-refractivity contribution is 6.30. The highest BCUT2D eigenvalue weighted by Crippen LogP contribution is 2.13. The fourth-order valence-electron chi connectivity index (χ4n) is 1.89. The molecule has 0 saturated carbocycles. The maximum absolute atomic E-state index is 11.9. The van der Waals surface area contributed by atoms with E-state index < -0.39 is 18.5 Å². The number of amides is 2. The van der Waals surface area contributed by atoms with Crippen LogP contribution in [0.1, 0.15) is 15.9 Å². The lowest BCUT2D eigenvalue weighted by Crippen LogP contribution is -2.32. The van der Waals surface area contributed by atoms with Gasteiger partial charge in [-0.15, -0.1) is 0 Å². The fourth-order valence-corrected chi connectivity index (χ4v) is 2.01. The Bertz CT molecular complexity index is 758. The molecule has 0 unspecified atom stereocenters. The molecule has 0 spiro atoms. The Morgan fingerprint density at radius 2 is 1.64 bits per heavy atom. The van der Waals surface area contributed by atoms with Gasteiger partial charge in [0.25, 0.3) is 11.8 Å². The van der Waals surface area contributed by atoms with Gasteiger partial charge >= 0.3 is 5.97 Å². The summed E-state index contributed by atoms with van der Waals surface area (Å²) in [6.07, 6.45) is 0. The highest BCUT2D eigenvalue weighted by atomic mass is 35.5. The second-order valence-corrected chi connectivity index (χ2v) is 5.70. The summed E-state index contributed by atoms with van der Waals surface area (Å²) in [5.74, 6) is -1.57. The van der Waals surface area contributed by atoms with Crippen LogP contribution in [0.15, 0.2) is 48.5 Å². The van der Waals surface area contributed by atoms with Crippen molar-refractivity contribution in [1.82, 2.24) is 5.32 Å². The molecule has 2 N–H and O–H groups in total. The minimum absolute atomic E-state index is 0.319. The van der Waals surface area contributed by atoms with Crippen molar-refractivity contribution in [3.05, 3.63) is 64.7 Å². The molecule has 0 radical (unpaired) electrons. The molecule has 0 aliphatic rings. The van der Waals surface area contributed by atoms with E-state index in [4.69, 9.17) is 16.3 Å². The Labute approximate surface area is 150 Å². The lowest BCUT2D eigenvalue weighted by Gasteiger charge is -2.08. The van der Waals surface area contributed by atoms with Gasteiger partial charge in [-0.2, -0.15) is 0 Å². The van der Waals surface area contributed by atoms with Crippen molar-refractivity contribution in [2.75, 3.05) is 18.5 Å².